The highest BCUT2D eigenvalue weighted by Gasteiger charge is 2.05. The summed E-state index contributed by atoms with van der Waals surface area (Å²) in [4.78, 5) is 8.86. The van der Waals surface area contributed by atoms with Gasteiger partial charge in [-0.2, -0.15) is 0 Å². The second kappa shape index (κ2) is 7.45. The molecule has 5 nitrogen and oxygen atoms in total. The highest BCUT2D eigenvalue weighted by Crippen LogP contribution is 2.05. The minimum atomic E-state index is 0.0647. The van der Waals surface area contributed by atoms with E-state index in [1.54, 1.807) is 0 Å². The molecule has 0 aromatic carbocycles. The van der Waals surface area contributed by atoms with Crippen LogP contribution in [0.5, 0.6) is 0 Å². The molecule has 0 bridgehead atoms. The van der Waals surface area contributed by atoms with Gasteiger partial charge < -0.3 is 9.57 Å². The van der Waals surface area contributed by atoms with E-state index in [1.165, 1.54) is 0 Å². The summed E-state index contributed by atoms with van der Waals surface area (Å²) in [6, 6.07) is 0. The molecule has 0 radical (unpaired) electrons. The molecular weight excluding hydrogens is 160 g/mol. The monoisotopic (exact) mass is 178 g/mol. The van der Waals surface area contributed by atoms with Crippen molar-refractivity contribution in [2.45, 2.75) is 38.9 Å². The van der Waals surface area contributed by atoms with Gasteiger partial charge in [0.2, 0.25) is 0 Å². The maximum absolute atomic E-state index is 5.14. The van der Waals surface area contributed by atoms with E-state index in [0.29, 0.717) is 0 Å². The van der Waals surface area contributed by atoms with Crippen LogP contribution in [0, 0.1) is 0 Å². The van der Waals surface area contributed by atoms with Gasteiger partial charge in [-0.1, -0.05) is 0 Å². The van der Waals surface area contributed by atoms with Crippen LogP contribution in [0.15, 0.2) is 0 Å². The molecule has 4 N–H and O–H groups in total. The Morgan fingerprint density at radius 2 is 1.67 bits per heavy atom. The molecule has 0 saturated heterocycles. The van der Waals surface area contributed by atoms with Crippen molar-refractivity contribution in [2.24, 2.45) is 11.8 Å². The third kappa shape index (κ3) is 6.51. The molecule has 0 aliphatic rings. The molecule has 0 fully saturated rings. The fourth-order valence-corrected chi connectivity index (χ4v) is 0.776. The van der Waals surface area contributed by atoms with E-state index in [-0.39, 0.29) is 19.0 Å². The molecule has 0 saturated carbocycles. The van der Waals surface area contributed by atoms with Gasteiger partial charge >= 0.3 is 0 Å². The minimum Gasteiger partial charge on any atom is -0.351 e. The Morgan fingerprint density at radius 3 is 2.17 bits per heavy atom. The van der Waals surface area contributed by atoms with Crippen molar-refractivity contribution in [3.05, 3.63) is 0 Å². The average Bonchev–Trinajstić information content (AvgIpc) is 2.10. The molecule has 1 unspecified atom stereocenters. The largest absolute Gasteiger partial charge is 0.351 e. The highest BCUT2D eigenvalue weighted by atomic mass is 16.7. The van der Waals surface area contributed by atoms with Crippen LogP contribution in [0.4, 0.5) is 0 Å². The summed E-state index contributed by atoms with van der Waals surface area (Å²) in [5.41, 5.74) is 0. The lowest BCUT2D eigenvalue weighted by Gasteiger charge is -2.13. The van der Waals surface area contributed by atoms with Gasteiger partial charge in [0.05, 0.1) is 12.2 Å². The van der Waals surface area contributed by atoms with Crippen LogP contribution in [-0.2, 0) is 14.4 Å². The Bertz CT molecular complexity index is 103. The zero-order valence-electron chi connectivity index (χ0n) is 7.66. The normalized spacial score (nSPS) is 16.0. The Labute approximate surface area is 72.9 Å². The van der Waals surface area contributed by atoms with E-state index in [4.69, 9.17) is 16.5 Å². The van der Waals surface area contributed by atoms with E-state index < -0.39 is 0 Å². The lowest BCUT2D eigenvalue weighted by Crippen LogP contribution is -2.18. The lowest BCUT2D eigenvalue weighted by molar-refractivity contribution is -0.0906. The molecule has 0 aliphatic carbocycles. The quantitative estimate of drug-likeness (QED) is 0.433. The first-order valence-electron chi connectivity index (χ1n) is 3.99. The smallest absolute Gasteiger partial charge is 0.166 e. The molecule has 12 heavy (non-hydrogen) atoms. The zero-order valence-corrected chi connectivity index (χ0v) is 7.66. The molecule has 0 aliphatic heterocycles. The molecule has 5 heteroatoms. The third-order valence-electron chi connectivity index (χ3n) is 1.63. The Hall–Kier alpha value is -0.200. The first kappa shape index (κ1) is 11.8. The second-order valence-electron chi connectivity index (χ2n) is 2.79. The third-order valence-corrected chi connectivity index (χ3v) is 1.63. The van der Waals surface area contributed by atoms with Gasteiger partial charge in [0, 0.05) is 0 Å². The van der Waals surface area contributed by atoms with Crippen molar-refractivity contribution in [1.29, 1.82) is 0 Å². The molecule has 0 heterocycles. The van der Waals surface area contributed by atoms with Crippen molar-refractivity contribution in [3.63, 3.8) is 0 Å². The predicted octanol–water partition coefficient (Wildman–Crippen LogP) is 0.298. The Kier molecular flexibility index (Phi) is 7.33. The number of rotatable bonds is 7. The van der Waals surface area contributed by atoms with Crippen molar-refractivity contribution in [2.75, 3.05) is 6.79 Å². The predicted molar refractivity (Wildman–Crippen MR) is 44.7 cm³/mol. The lowest BCUT2D eigenvalue weighted by atomic mass is 10.1. The summed E-state index contributed by atoms with van der Waals surface area (Å²) in [5.74, 6) is 9.76. The van der Waals surface area contributed by atoms with Gasteiger partial charge in [0.15, 0.2) is 6.79 Å². The number of hydrogen-bond donors (Lipinski definition) is 2. The fourth-order valence-electron chi connectivity index (χ4n) is 0.776. The van der Waals surface area contributed by atoms with E-state index >= 15 is 0 Å². The molecule has 0 aromatic rings. The molecule has 0 aromatic heterocycles. The van der Waals surface area contributed by atoms with Gasteiger partial charge in [0.25, 0.3) is 0 Å². The molecule has 0 spiro atoms. The van der Waals surface area contributed by atoms with Crippen LogP contribution < -0.4 is 11.8 Å². The second-order valence-corrected chi connectivity index (χ2v) is 2.79. The summed E-state index contributed by atoms with van der Waals surface area (Å²) in [7, 11) is 0. The summed E-state index contributed by atoms with van der Waals surface area (Å²) in [6.07, 6.45) is 1.92. The number of ether oxygens (including phenoxy) is 1. The van der Waals surface area contributed by atoms with Crippen LogP contribution in [-0.4, -0.2) is 19.0 Å². The van der Waals surface area contributed by atoms with Crippen molar-refractivity contribution in [3.8, 4) is 0 Å². The Balaban J connectivity index is 3.24. The minimum absolute atomic E-state index is 0.0647. The Morgan fingerprint density at radius 1 is 1.08 bits per heavy atom. The first-order chi connectivity index (χ1) is 5.70. The zero-order chi connectivity index (χ0) is 9.40. The van der Waals surface area contributed by atoms with E-state index in [2.05, 4.69) is 9.68 Å². The molecule has 2 atom stereocenters. The van der Waals surface area contributed by atoms with Crippen molar-refractivity contribution < 1.29 is 14.4 Å². The van der Waals surface area contributed by atoms with Crippen LogP contribution in [0.25, 0.3) is 0 Å². The molecule has 0 amide bonds. The van der Waals surface area contributed by atoms with Gasteiger partial charge in [-0.25, -0.2) is 11.8 Å². The number of nitrogens with two attached hydrogens (primary N) is 2. The van der Waals surface area contributed by atoms with Gasteiger partial charge in [-0.3, -0.25) is 4.84 Å². The molecular formula is C7H18N2O3. The summed E-state index contributed by atoms with van der Waals surface area (Å²) in [5, 5.41) is 0. The standard InChI is InChI=1S/C7H18N2O3/c1-6(10-5-11-8)3-4-7(2)12-9/h6-7H,3-5,8-9H2,1-2H3/t6-,7?/m1/s1. The van der Waals surface area contributed by atoms with Crippen LogP contribution in [0.3, 0.4) is 0 Å². The number of hydrogen-bond acceptors (Lipinski definition) is 5. The van der Waals surface area contributed by atoms with E-state index in [0.717, 1.165) is 12.8 Å². The average molecular weight is 178 g/mol. The van der Waals surface area contributed by atoms with Crippen LogP contribution in [0.2, 0.25) is 0 Å². The van der Waals surface area contributed by atoms with E-state index in [1.807, 2.05) is 13.8 Å². The highest BCUT2D eigenvalue weighted by molar-refractivity contribution is 4.54. The maximum Gasteiger partial charge on any atom is 0.166 e. The van der Waals surface area contributed by atoms with E-state index in [9.17, 15) is 0 Å². The SMILES string of the molecule is CC(CC[C@@H](C)OCON)ON. The molecule has 74 valence electrons. The summed E-state index contributed by atoms with van der Waals surface area (Å²) < 4.78 is 5.14. The first-order valence-corrected chi connectivity index (χ1v) is 3.99. The van der Waals surface area contributed by atoms with Crippen LogP contribution >= 0.6 is 0 Å². The summed E-state index contributed by atoms with van der Waals surface area (Å²) in [6.45, 7) is 3.98. The fraction of sp³-hybridized carbons (Fsp3) is 1.00. The molecule has 0 rings (SSSR count). The van der Waals surface area contributed by atoms with Crippen molar-refractivity contribution >= 4 is 0 Å². The van der Waals surface area contributed by atoms with Gasteiger partial charge in [0.1, 0.15) is 0 Å². The summed E-state index contributed by atoms with van der Waals surface area (Å²) >= 11 is 0. The van der Waals surface area contributed by atoms with Crippen LogP contribution in [0.1, 0.15) is 26.7 Å². The van der Waals surface area contributed by atoms with Gasteiger partial charge in [-0.05, 0) is 26.7 Å². The van der Waals surface area contributed by atoms with Crippen molar-refractivity contribution in [1.82, 2.24) is 0 Å². The topological polar surface area (TPSA) is 79.7 Å². The van der Waals surface area contributed by atoms with Gasteiger partial charge in [-0.15, -0.1) is 0 Å². The maximum atomic E-state index is 5.14.